The lowest BCUT2D eigenvalue weighted by Crippen LogP contribution is -2.61. The van der Waals surface area contributed by atoms with Crippen LogP contribution in [0.1, 0.15) is 19.3 Å². The van der Waals surface area contributed by atoms with Crippen LogP contribution in [0.4, 0.5) is 0 Å². The largest absolute Gasteiger partial charge is 0.387 e. The highest BCUT2D eigenvalue weighted by atomic mass is 16.7. The summed E-state index contributed by atoms with van der Waals surface area (Å²) in [5.41, 5.74) is 0. The summed E-state index contributed by atoms with van der Waals surface area (Å²) in [5.74, 6) is 0. The van der Waals surface area contributed by atoms with E-state index in [0.717, 1.165) is 12.8 Å². The van der Waals surface area contributed by atoms with Crippen molar-refractivity contribution in [2.75, 3.05) is 26.9 Å². The van der Waals surface area contributed by atoms with E-state index in [1.165, 1.54) is 6.08 Å². The molecule has 2 rings (SSSR count). The number of rotatable bonds is 11. The zero-order chi connectivity index (χ0) is 22.3. The Morgan fingerprint density at radius 2 is 1.33 bits per heavy atom. The van der Waals surface area contributed by atoms with E-state index in [-0.39, 0.29) is 13.2 Å². The monoisotopic (exact) mass is 438 g/mol. The van der Waals surface area contributed by atoms with Gasteiger partial charge in [0.2, 0.25) is 0 Å². The van der Waals surface area contributed by atoms with Crippen molar-refractivity contribution >= 4 is 0 Å². The number of unbranched alkanes of at least 4 members (excludes halogenated alkanes) is 2. The molecule has 0 bridgehead atoms. The molecule has 6 N–H and O–H groups in total. The third-order valence-electron chi connectivity index (χ3n) is 5.21. The minimum absolute atomic E-state index is 0.275. The highest BCUT2D eigenvalue weighted by molar-refractivity contribution is 4.97. The predicted molar refractivity (Wildman–Crippen MR) is 101 cm³/mol. The van der Waals surface area contributed by atoms with Crippen LogP contribution in [-0.4, -0.2) is 119 Å². The fourth-order valence-corrected chi connectivity index (χ4v) is 3.31. The molecule has 2 saturated heterocycles. The van der Waals surface area contributed by atoms with Crippen molar-refractivity contribution in [1.29, 1.82) is 0 Å². The highest BCUT2D eigenvalue weighted by Gasteiger charge is 2.47. The van der Waals surface area contributed by atoms with Gasteiger partial charge in [0, 0.05) is 20.3 Å². The Morgan fingerprint density at radius 1 is 0.733 bits per heavy atom. The smallest absolute Gasteiger partial charge is 0.187 e. The second-order valence-electron chi connectivity index (χ2n) is 7.45. The van der Waals surface area contributed by atoms with E-state index < -0.39 is 61.4 Å². The fraction of sp³-hybridized carbons (Fsp3) is 0.895. The molecule has 10 unspecified atom stereocenters. The van der Waals surface area contributed by atoms with Crippen molar-refractivity contribution < 1.29 is 54.3 Å². The number of aliphatic hydroxyl groups excluding tert-OH is 6. The average Bonchev–Trinajstić information content (AvgIpc) is 2.74. The normalized spacial score (nSPS) is 42.2. The van der Waals surface area contributed by atoms with Gasteiger partial charge in [0.15, 0.2) is 12.6 Å². The molecule has 30 heavy (non-hydrogen) atoms. The summed E-state index contributed by atoms with van der Waals surface area (Å²) in [6, 6.07) is 0. The van der Waals surface area contributed by atoms with Crippen molar-refractivity contribution in [3.63, 3.8) is 0 Å². The molecule has 0 aromatic rings. The third-order valence-corrected chi connectivity index (χ3v) is 5.21. The van der Waals surface area contributed by atoms with Crippen molar-refractivity contribution in [3.8, 4) is 0 Å². The maximum atomic E-state index is 10.2. The zero-order valence-electron chi connectivity index (χ0n) is 17.0. The molecule has 0 saturated carbocycles. The Labute approximate surface area is 175 Å². The Balaban J connectivity index is 1.87. The Morgan fingerprint density at radius 3 is 1.97 bits per heavy atom. The van der Waals surface area contributed by atoms with Crippen LogP contribution in [0.15, 0.2) is 12.7 Å². The van der Waals surface area contributed by atoms with Crippen LogP contribution in [0.25, 0.3) is 0 Å². The summed E-state index contributed by atoms with van der Waals surface area (Å²) in [7, 11) is 1.62. The molecule has 2 aliphatic heterocycles. The molecule has 0 aromatic carbocycles. The molecule has 10 atom stereocenters. The molecule has 0 aliphatic carbocycles. The number of aliphatic hydroxyl groups is 6. The number of ether oxygens (including phenoxy) is 5. The molecule has 11 nitrogen and oxygen atoms in total. The van der Waals surface area contributed by atoms with E-state index in [2.05, 4.69) is 6.58 Å². The fourth-order valence-electron chi connectivity index (χ4n) is 3.31. The second kappa shape index (κ2) is 12.4. The van der Waals surface area contributed by atoms with Gasteiger partial charge in [-0.1, -0.05) is 6.08 Å². The molecule has 0 aromatic heterocycles. The van der Waals surface area contributed by atoms with Crippen LogP contribution >= 0.6 is 0 Å². The molecular formula is C19H34O11. The first-order valence-corrected chi connectivity index (χ1v) is 10.1. The van der Waals surface area contributed by atoms with Crippen LogP contribution < -0.4 is 0 Å². The lowest BCUT2D eigenvalue weighted by molar-refractivity contribution is -0.326. The van der Waals surface area contributed by atoms with Crippen molar-refractivity contribution in [2.24, 2.45) is 0 Å². The summed E-state index contributed by atoms with van der Waals surface area (Å²) in [6.07, 6.45) is -9.79. The minimum Gasteiger partial charge on any atom is -0.387 e. The standard InChI is InChI=1S/C19H34O11/c1-3-10-12(20)14(22)17(25)19(29-10)28-9-11-13(21)15(23)16(24)18(30-11)27-8-6-4-5-7-26-2/h3,10-25H,1,4-9H2,2H3. The first kappa shape index (κ1) is 25.6. The lowest BCUT2D eigenvalue weighted by Gasteiger charge is -2.42. The molecule has 2 fully saturated rings. The van der Waals surface area contributed by atoms with Gasteiger partial charge in [0.1, 0.15) is 48.8 Å². The van der Waals surface area contributed by atoms with Gasteiger partial charge in [0.05, 0.1) is 6.61 Å². The first-order chi connectivity index (χ1) is 14.3. The van der Waals surface area contributed by atoms with Gasteiger partial charge in [0.25, 0.3) is 0 Å². The van der Waals surface area contributed by atoms with E-state index in [0.29, 0.717) is 13.0 Å². The van der Waals surface area contributed by atoms with Gasteiger partial charge >= 0.3 is 0 Å². The summed E-state index contributed by atoms with van der Waals surface area (Å²) in [4.78, 5) is 0. The van der Waals surface area contributed by atoms with Crippen LogP contribution in [0.2, 0.25) is 0 Å². The SMILES string of the molecule is C=CC1OC(OCC2OC(OCCCCCOC)C(O)C(O)C2O)C(O)C(O)C1O. The topological polar surface area (TPSA) is 168 Å². The van der Waals surface area contributed by atoms with Crippen molar-refractivity contribution in [1.82, 2.24) is 0 Å². The number of methoxy groups -OCH3 is 1. The number of hydrogen-bond donors (Lipinski definition) is 6. The van der Waals surface area contributed by atoms with Gasteiger partial charge in [-0.2, -0.15) is 0 Å². The van der Waals surface area contributed by atoms with Gasteiger partial charge in [-0.05, 0) is 19.3 Å². The Kier molecular flexibility index (Phi) is 10.5. The molecular weight excluding hydrogens is 404 g/mol. The van der Waals surface area contributed by atoms with Crippen LogP contribution in [0.3, 0.4) is 0 Å². The summed E-state index contributed by atoms with van der Waals surface area (Å²) < 4.78 is 26.8. The predicted octanol–water partition coefficient (Wildman–Crippen LogP) is -2.36. The lowest BCUT2D eigenvalue weighted by atomic mass is 9.98. The van der Waals surface area contributed by atoms with Crippen molar-refractivity contribution in [3.05, 3.63) is 12.7 Å². The van der Waals surface area contributed by atoms with Gasteiger partial charge in [-0.25, -0.2) is 0 Å². The minimum atomic E-state index is -1.55. The van der Waals surface area contributed by atoms with Crippen LogP contribution in [-0.2, 0) is 23.7 Å². The number of hydrogen-bond acceptors (Lipinski definition) is 11. The van der Waals surface area contributed by atoms with Gasteiger partial charge in [-0.3, -0.25) is 0 Å². The Hall–Kier alpha value is -0.700. The summed E-state index contributed by atoms with van der Waals surface area (Å²) in [5, 5.41) is 60.2. The van der Waals surface area contributed by atoms with E-state index in [9.17, 15) is 30.6 Å². The molecule has 0 amide bonds. The van der Waals surface area contributed by atoms with Crippen LogP contribution in [0, 0.1) is 0 Å². The maximum absolute atomic E-state index is 10.2. The highest BCUT2D eigenvalue weighted by Crippen LogP contribution is 2.26. The molecule has 0 radical (unpaired) electrons. The second-order valence-corrected chi connectivity index (χ2v) is 7.45. The summed E-state index contributed by atoms with van der Waals surface area (Å²) >= 11 is 0. The Bertz CT molecular complexity index is 507. The van der Waals surface area contributed by atoms with E-state index >= 15 is 0 Å². The first-order valence-electron chi connectivity index (χ1n) is 10.1. The molecule has 176 valence electrons. The van der Waals surface area contributed by atoms with Gasteiger partial charge in [-0.15, -0.1) is 6.58 Å². The van der Waals surface area contributed by atoms with E-state index in [1.54, 1.807) is 7.11 Å². The third kappa shape index (κ3) is 6.40. The molecule has 2 aliphatic rings. The molecule has 0 spiro atoms. The zero-order valence-corrected chi connectivity index (χ0v) is 17.0. The van der Waals surface area contributed by atoms with E-state index in [1.807, 2.05) is 0 Å². The quantitative estimate of drug-likeness (QED) is 0.151. The average molecular weight is 438 g/mol. The maximum Gasteiger partial charge on any atom is 0.187 e. The molecule has 2 heterocycles. The van der Waals surface area contributed by atoms with Crippen LogP contribution in [0.5, 0.6) is 0 Å². The van der Waals surface area contributed by atoms with Crippen molar-refractivity contribution in [2.45, 2.75) is 80.7 Å². The molecule has 11 heteroatoms. The van der Waals surface area contributed by atoms with Gasteiger partial charge < -0.3 is 54.3 Å². The van der Waals surface area contributed by atoms with E-state index in [4.69, 9.17) is 23.7 Å². The summed E-state index contributed by atoms with van der Waals surface area (Å²) in [6.45, 7) is 4.06.